The third kappa shape index (κ3) is 1.70. The van der Waals surface area contributed by atoms with Gasteiger partial charge in [-0.1, -0.05) is 41.0 Å². The largest absolute Gasteiger partial charge is 0.0651 e. The van der Waals surface area contributed by atoms with E-state index < -0.39 is 0 Å². The Morgan fingerprint density at radius 1 is 1.17 bits per heavy atom. The van der Waals surface area contributed by atoms with Crippen LogP contribution >= 0.6 is 0 Å². The first-order valence-corrected chi connectivity index (χ1v) is 8.55. The molecule has 0 aliphatic heterocycles. The highest BCUT2D eigenvalue weighted by Gasteiger charge is 2.69. The van der Waals surface area contributed by atoms with Crippen molar-refractivity contribution in [3.8, 4) is 0 Å². The van der Waals surface area contributed by atoms with Gasteiger partial charge in [0, 0.05) is 0 Å². The van der Waals surface area contributed by atoms with Crippen molar-refractivity contribution in [2.24, 2.45) is 46.8 Å². The molecular weight excluding hydrogens is 216 g/mol. The Morgan fingerprint density at radius 3 is 2.28 bits per heavy atom. The zero-order chi connectivity index (χ0) is 13.1. The summed E-state index contributed by atoms with van der Waals surface area (Å²) in [6.45, 7) is 12.4. The first kappa shape index (κ1) is 13.0. The molecule has 0 N–H and O–H groups in total. The van der Waals surface area contributed by atoms with Crippen molar-refractivity contribution in [1.29, 1.82) is 0 Å². The Bertz CT molecular complexity index is 318. The van der Waals surface area contributed by atoms with Gasteiger partial charge in [0.2, 0.25) is 0 Å². The minimum atomic E-state index is 0.789. The van der Waals surface area contributed by atoms with E-state index >= 15 is 0 Å². The van der Waals surface area contributed by atoms with Gasteiger partial charge in [0.1, 0.15) is 0 Å². The van der Waals surface area contributed by atoms with E-state index in [1.54, 1.807) is 12.8 Å². The highest BCUT2D eigenvalue weighted by molar-refractivity contribution is 5.17. The fraction of sp³-hybridized carbons (Fsp3) is 1.00. The predicted octanol–water partition coefficient (Wildman–Crippen LogP) is 5.38. The van der Waals surface area contributed by atoms with Gasteiger partial charge in [-0.25, -0.2) is 0 Å². The molecule has 7 atom stereocenters. The summed E-state index contributed by atoms with van der Waals surface area (Å²) in [4.78, 5) is 0. The Balaban J connectivity index is 1.78. The smallest absolute Gasteiger partial charge is 0.0232 e. The van der Waals surface area contributed by atoms with E-state index in [1.165, 1.54) is 19.3 Å². The van der Waals surface area contributed by atoms with Crippen LogP contribution in [0.25, 0.3) is 0 Å². The van der Waals surface area contributed by atoms with Crippen molar-refractivity contribution in [1.82, 2.24) is 0 Å². The number of hydrogen-bond acceptors (Lipinski definition) is 0. The van der Waals surface area contributed by atoms with Crippen LogP contribution in [-0.4, -0.2) is 0 Å². The van der Waals surface area contributed by atoms with Gasteiger partial charge in [-0.3, -0.25) is 0 Å². The minimum absolute atomic E-state index is 0.789. The van der Waals surface area contributed by atoms with Gasteiger partial charge in [0.15, 0.2) is 0 Å². The highest BCUT2D eigenvalue weighted by Crippen LogP contribution is 2.76. The zero-order valence-corrected chi connectivity index (χ0v) is 13.1. The minimum Gasteiger partial charge on any atom is -0.0651 e. The van der Waals surface area contributed by atoms with Crippen LogP contribution in [0.5, 0.6) is 0 Å². The summed E-state index contributed by atoms with van der Waals surface area (Å²) in [6.07, 6.45) is 7.58. The van der Waals surface area contributed by atoms with Gasteiger partial charge >= 0.3 is 0 Å². The Hall–Kier alpha value is 0. The van der Waals surface area contributed by atoms with Crippen LogP contribution in [0.4, 0.5) is 0 Å². The molecule has 0 radical (unpaired) electrons. The second-order valence-corrected chi connectivity index (χ2v) is 8.11. The van der Waals surface area contributed by atoms with Gasteiger partial charge in [-0.2, -0.15) is 0 Å². The van der Waals surface area contributed by atoms with Crippen molar-refractivity contribution in [2.45, 2.75) is 66.7 Å². The van der Waals surface area contributed by atoms with Crippen molar-refractivity contribution >= 4 is 0 Å². The van der Waals surface area contributed by atoms with Crippen molar-refractivity contribution in [3.05, 3.63) is 0 Å². The summed E-state index contributed by atoms with van der Waals surface area (Å²) < 4.78 is 0. The third-order valence-corrected chi connectivity index (χ3v) is 7.07. The maximum Gasteiger partial charge on any atom is -0.0232 e. The molecule has 0 spiro atoms. The van der Waals surface area contributed by atoms with E-state index in [4.69, 9.17) is 0 Å². The molecule has 0 aromatic rings. The molecule has 3 aliphatic rings. The fourth-order valence-electron chi connectivity index (χ4n) is 6.08. The molecule has 104 valence electrons. The molecule has 7 unspecified atom stereocenters. The van der Waals surface area contributed by atoms with Gasteiger partial charge in [0.25, 0.3) is 0 Å². The zero-order valence-electron chi connectivity index (χ0n) is 13.1. The summed E-state index contributed by atoms with van der Waals surface area (Å²) >= 11 is 0. The first-order chi connectivity index (χ1) is 8.55. The summed E-state index contributed by atoms with van der Waals surface area (Å²) in [5, 5.41) is 0. The van der Waals surface area contributed by atoms with E-state index in [-0.39, 0.29) is 0 Å². The third-order valence-electron chi connectivity index (χ3n) is 7.07. The molecule has 0 heterocycles. The Kier molecular flexibility index (Phi) is 3.07. The second kappa shape index (κ2) is 4.25. The maximum atomic E-state index is 2.49. The SMILES string of the molecule is CCC1C(CC2CC2C)C2CC2(CC)C1C(C)C. The first-order valence-electron chi connectivity index (χ1n) is 8.55. The maximum absolute atomic E-state index is 2.49. The molecule has 3 fully saturated rings. The van der Waals surface area contributed by atoms with Gasteiger partial charge in [-0.05, 0) is 72.5 Å². The molecular formula is C18H32. The predicted molar refractivity (Wildman–Crippen MR) is 78.3 cm³/mol. The van der Waals surface area contributed by atoms with E-state index in [1.807, 2.05) is 0 Å². The molecule has 18 heavy (non-hydrogen) atoms. The van der Waals surface area contributed by atoms with Crippen LogP contribution in [0.15, 0.2) is 0 Å². The van der Waals surface area contributed by atoms with Gasteiger partial charge < -0.3 is 0 Å². The van der Waals surface area contributed by atoms with Crippen LogP contribution in [0.2, 0.25) is 0 Å². The normalized spacial score (nSPS) is 53.7. The van der Waals surface area contributed by atoms with Crippen LogP contribution in [0, 0.1) is 46.8 Å². The van der Waals surface area contributed by atoms with E-state index in [0.29, 0.717) is 0 Å². The molecule has 3 saturated carbocycles. The van der Waals surface area contributed by atoms with Crippen LogP contribution in [0.3, 0.4) is 0 Å². The Morgan fingerprint density at radius 2 is 1.83 bits per heavy atom. The van der Waals surface area contributed by atoms with Crippen molar-refractivity contribution in [2.75, 3.05) is 0 Å². The second-order valence-electron chi connectivity index (χ2n) is 8.11. The summed E-state index contributed by atoms with van der Waals surface area (Å²) in [5.74, 6) is 7.36. The van der Waals surface area contributed by atoms with Crippen LogP contribution < -0.4 is 0 Å². The van der Waals surface area contributed by atoms with Crippen LogP contribution in [0.1, 0.15) is 66.7 Å². The lowest BCUT2D eigenvalue weighted by Crippen LogP contribution is -2.27. The molecule has 3 aliphatic carbocycles. The lowest BCUT2D eigenvalue weighted by atomic mass is 9.71. The monoisotopic (exact) mass is 248 g/mol. The number of fused-ring (bicyclic) bond motifs is 1. The lowest BCUT2D eigenvalue weighted by molar-refractivity contribution is 0.147. The topological polar surface area (TPSA) is 0 Å². The Labute approximate surface area is 114 Å². The molecule has 0 amide bonds. The van der Waals surface area contributed by atoms with Crippen molar-refractivity contribution < 1.29 is 0 Å². The lowest BCUT2D eigenvalue weighted by Gasteiger charge is -2.34. The fourth-order valence-corrected chi connectivity index (χ4v) is 6.08. The molecule has 0 aromatic heterocycles. The van der Waals surface area contributed by atoms with Gasteiger partial charge in [0.05, 0.1) is 0 Å². The van der Waals surface area contributed by atoms with Gasteiger partial charge in [-0.15, -0.1) is 0 Å². The van der Waals surface area contributed by atoms with E-state index in [2.05, 4.69) is 34.6 Å². The highest BCUT2D eigenvalue weighted by atomic mass is 14.7. The van der Waals surface area contributed by atoms with Crippen LogP contribution in [-0.2, 0) is 0 Å². The van der Waals surface area contributed by atoms with Crippen molar-refractivity contribution in [3.63, 3.8) is 0 Å². The molecule has 0 bridgehead atoms. The number of hydrogen-bond donors (Lipinski definition) is 0. The number of rotatable bonds is 5. The summed E-state index contributed by atoms with van der Waals surface area (Å²) in [6, 6.07) is 0. The molecule has 0 heteroatoms. The summed E-state index contributed by atoms with van der Waals surface area (Å²) in [5.41, 5.74) is 0.789. The quantitative estimate of drug-likeness (QED) is 0.613. The molecule has 0 nitrogen and oxygen atoms in total. The molecule has 0 aromatic carbocycles. The molecule has 3 rings (SSSR count). The average Bonchev–Trinajstić information content (AvgIpc) is 3.20. The van der Waals surface area contributed by atoms with E-state index in [9.17, 15) is 0 Å². The summed E-state index contributed by atoms with van der Waals surface area (Å²) in [7, 11) is 0. The standard InChI is InChI=1S/C18H32/c1-6-14-15(9-13-8-12(13)5)16-10-18(16,7-2)17(14)11(3)4/h11-17H,6-10H2,1-5H3. The molecule has 0 saturated heterocycles. The average molecular weight is 248 g/mol. The van der Waals surface area contributed by atoms with E-state index in [0.717, 1.165) is 46.8 Å².